The lowest BCUT2D eigenvalue weighted by Gasteiger charge is -2.24. The third-order valence-corrected chi connectivity index (χ3v) is 3.82. The van der Waals surface area contributed by atoms with Gasteiger partial charge in [0, 0.05) is 6.42 Å². The summed E-state index contributed by atoms with van der Waals surface area (Å²) < 4.78 is 26.5. The van der Waals surface area contributed by atoms with Gasteiger partial charge in [-0.25, -0.2) is 8.78 Å². The highest BCUT2D eigenvalue weighted by Crippen LogP contribution is 2.28. The number of hydrogen-bond donors (Lipinski definition) is 1. The Balaban J connectivity index is 1.90. The van der Waals surface area contributed by atoms with E-state index in [9.17, 15) is 13.9 Å². The molecule has 0 aromatic heterocycles. The summed E-state index contributed by atoms with van der Waals surface area (Å²) in [5, 5.41) is 9.98. The smallest absolute Gasteiger partial charge is 0.162 e. The number of aliphatic hydroxyl groups is 1. The molecule has 1 aliphatic rings. The van der Waals surface area contributed by atoms with Gasteiger partial charge in [0.2, 0.25) is 0 Å². The molecule has 1 saturated carbocycles. The minimum Gasteiger partial charge on any atom is -0.393 e. The van der Waals surface area contributed by atoms with Gasteiger partial charge in [0.1, 0.15) is 0 Å². The van der Waals surface area contributed by atoms with Gasteiger partial charge >= 0.3 is 0 Å². The van der Waals surface area contributed by atoms with E-state index in [4.69, 9.17) is 0 Å². The Bertz CT molecular complexity index is 386. The van der Waals surface area contributed by atoms with Gasteiger partial charge in [-0.2, -0.15) is 0 Å². The predicted octanol–water partition coefficient (Wildman–Crippen LogP) is 3.84. The van der Waals surface area contributed by atoms with Gasteiger partial charge in [-0.3, -0.25) is 0 Å². The molecule has 0 heterocycles. The van der Waals surface area contributed by atoms with E-state index in [2.05, 4.69) is 0 Å². The molecule has 1 unspecified atom stereocenters. The summed E-state index contributed by atoms with van der Waals surface area (Å²) >= 11 is 0. The molecule has 1 aliphatic carbocycles. The normalized spacial score (nSPS) is 18.8. The molecule has 1 fully saturated rings. The minimum absolute atomic E-state index is 0.208. The largest absolute Gasteiger partial charge is 0.393 e. The molecule has 2 rings (SSSR count). The van der Waals surface area contributed by atoms with Crippen LogP contribution in [-0.4, -0.2) is 11.2 Å². The van der Waals surface area contributed by atoms with Crippen molar-refractivity contribution in [3.05, 3.63) is 35.4 Å². The van der Waals surface area contributed by atoms with Crippen molar-refractivity contribution in [3.8, 4) is 0 Å². The second kappa shape index (κ2) is 6.28. The maximum absolute atomic E-state index is 13.5. The zero-order valence-electron chi connectivity index (χ0n) is 10.5. The van der Waals surface area contributed by atoms with E-state index in [1.165, 1.54) is 25.3 Å². The molecule has 1 aromatic rings. The fourth-order valence-corrected chi connectivity index (χ4v) is 2.85. The van der Waals surface area contributed by atoms with Crippen LogP contribution in [0, 0.1) is 17.6 Å². The van der Waals surface area contributed by atoms with Crippen molar-refractivity contribution in [2.45, 2.75) is 51.0 Å². The first kappa shape index (κ1) is 13.5. The summed E-state index contributed by atoms with van der Waals surface area (Å²) in [4.78, 5) is 0. The molecule has 0 spiro atoms. The molecule has 0 bridgehead atoms. The molecule has 0 amide bonds. The van der Waals surface area contributed by atoms with Crippen molar-refractivity contribution in [3.63, 3.8) is 0 Å². The van der Waals surface area contributed by atoms with Crippen LogP contribution in [0.3, 0.4) is 0 Å². The second-order valence-corrected chi connectivity index (χ2v) is 5.31. The van der Waals surface area contributed by atoms with Crippen molar-refractivity contribution in [1.82, 2.24) is 0 Å². The lowest BCUT2D eigenvalue weighted by molar-refractivity contribution is 0.129. The van der Waals surface area contributed by atoms with E-state index in [1.54, 1.807) is 6.07 Å². The summed E-state index contributed by atoms with van der Waals surface area (Å²) in [6.45, 7) is 0. The van der Waals surface area contributed by atoms with Crippen molar-refractivity contribution in [2.24, 2.45) is 5.92 Å². The fraction of sp³-hybridized carbons (Fsp3) is 0.600. The van der Waals surface area contributed by atoms with Crippen LogP contribution in [-0.2, 0) is 6.42 Å². The van der Waals surface area contributed by atoms with Crippen LogP contribution in [0.4, 0.5) is 8.78 Å². The van der Waals surface area contributed by atoms with E-state index in [0.29, 0.717) is 12.3 Å². The Hall–Kier alpha value is -0.960. The average Bonchev–Trinajstić information content (AvgIpc) is 2.36. The van der Waals surface area contributed by atoms with E-state index < -0.39 is 17.7 Å². The third-order valence-electron chi connectivity index (χ3n) is 3.82. The number of aliphatic hydroxyl groups excluding tert-OH is 1. The number of rotatable bonds is 4. The van der Waals surface area contributed by atoms with Gasteiger partial charge in [0.05, 0.1) is 6.10 Å². The zero-order chi connectivity index (χ0) is 13.0. The van der Waals surface area contributed by atoms with Gasteiger partial charge < -0.3 is 5.11 Å². The van der Waals surface area contributed by atoms with E-state index >= 15 is 0 Å². The van der Waals surface area contributed by atoms with Crippen LogP contribution < -0.4 is 0 Å². The molecule has 1 aromatic carbocycles. The lowest BCUT2D eigenvalue weighted by Crippen LogP contribution is -2.19. The molecule has 100 valence electrons. The van der Waals surface area contributed by atoms with Crippen molar-refractivity contribution < 1.29 is 13.9 Å². The van der Waals surface area contributed by atoms with Gasteiger partial charge in [-0.1, -0.05) is 44.2 Å². The first-order chi connectivity index (χ1) is 8.66. The topological polar surface area (TPSA) is 20.2 Å². The molecule has 0 aliphatic heterocycles. The molecule has 0 radical (unpaired) electrons. The highest BCUT2D eigenvalue weighted by molar-refractivity contribution is 5.19. The maximum atomic E-state index is 13.5. The third kappa shape index (κ3) is 3.52. The molecular formula is C15H20F2O. The Morgan fingerprint density at radius 1 is 1.17 bits per heavy atom. The van der Waals surface area contributed by atoms with Crippen molar-refractivity contribution in [1.29, 1.82) is 0 Å². The molecule has 3 heteroatoms. The lowest BCUT2D eigenvalue weighted by atomic mass is 9.84. The molecule has 0 saturated heterocycles. The minimum atomic E-state index is -0.836. The highest BCUT2D eigenvalue weighted by atomic mass is 19.2. The van der Waals surface area contributed by atoms with Crippen LogP contribution in [0.15, 0.2) is 18.2 Å². The summed E-state index contributed by atoms with van der Waals surface area (Å²) in [5.41, 5.74) is 0.276. The number of benzene rings is 1. The van der Waals surface area contributed by atoms with Gasteiger partial charge in [-0.15, -0.1) is 0 Å². The van der Waals surface area contributed by atoms with Crippen LogP contribution in [0.1, 0.15) is 44.1 Å². The summed E-state index contributed by atoms with van der Waals surface area (Å²) in [5.74, 6) is -1.11. The van der Waals surface area contributed by atoms with Crippen molar-refractivity contribution in [2.75, 3.05) is 0 Å². The van der Waals surface area contributed by atoms with Crippen LogP contribution in [0.2, 0.25) is 0 Å². The Labute approximate surface area is 107 Å². The van der Waals surface area contributed by atoms with Gasteiger partial charge in [-0.05, 0) is 24.0 Å². The molecular weight excluding hydrogens is 234 g/mol. The van der Waals surface area contributed by atoms with E-state index in [0.717, 1.165) is 18.9 Å². The molecule has 1 atom stereocenters. The van der Waals surface area contributed by atoms with E-state index in [-0.39, 0.29) is 12.0 Å². The Morgan fingerprint density at radius 2 is 1.89 bits per heavy atom. The number of halogens is 2. The zero-order valence-corrected chi connectivity index (χ0v) is 10.5. The monoisotopic (exact) mass is 254 g/mol. The average molecular weight is 254 g/mol. The van der Waals surface area contributed by atoms with Crippen molar-refractivity contribution >= 4 is 0 Å². The Kier molecular flexibility index (Phi) is 4.70. The molecule has 1 N–H and O–H groups in total. The first-order valence-corrected chi connectivity index (χ1v) is 6.77. The van der Waals surface area contributed by atoms with Crippen LogP contribution in [0.25, 0.3) is 0 Å². The maximum Gasteiger partial charge on any atom is 0.162 e. The summed E-state index contributed by atoms with van der Waals surface area (Å²) in [6.07, 6.45) is 6.40. The van der Waals surface area contributed by atoms with Crippen LogP contribution >= 0.6 is 0 Å². The SMILES string of the molecule is OC(Cc1cccc(F)c1F)CC1CCCCC1. The molecule has 18 heavy (non-hydrogen) atoms. The van der Waals surface area contributed by atoms with Gasteiger partial charge in [0.25, 0.3) is 0 Å². The second-order valence-electron chi connectivity index (χ2n) is 5.31. The quantitative estimate of drug-likeness (QED) is 0.865. The van der Waals surface area contributed by atoms with Crippen LogP contribution in [0.5, 0.6) is 0 Å². The van der Waals surface area contributed by atoms with Gasteiger partial charge in [0.15, 0.2) is 11.6 Å². The molecule has 1 nitrogen and oxygen atoms in total. The highest BCUT2D eigenvalue weighted by Gasteiger charge is 2.19. The summed E-state index contributed by atoms with van der Waals surface area (Å²) in [7, 11) is 0. The summed E-state index contributed by atoms with van der Waals surface area (Å²) in [6, 6.07) is 4.13. The first-order valence-electron chi connectivity index (χ1n) is 6.77. The Morgan fingerprint density at radius 3 is 2.61 bits per heavy atom. The standard InChI is InChI=1S/C15H20F2O/c16-14-8-4-7-12(15(14)17)10-13(18)9-11-5-2-1-3-6-11/h4,7-8,11,13,18H,1-3,5-6,9-10H2. The fourth-order valence-electron chi connectivity index (χ4n) is 2.85. The van der Waals surface area contributed by atoms with E-state index in [1.807, 2.05) is 0 Å². The number of hydrogen-bond acceptors (Lipinski definition) is 1. The predicted molar refractivity (Wildman–Crippen MR) is 67.3 cm³/mol.